The minimum atomic E-state index is -4.58. The Morgan fingerprint density at radius 1 is 1.21 bits per heavy atom. The number of hydrogen-bond acceptors (Lipinski definition) is 6. The zero-order valence-electron chi connectivity index (χ0n) is 21.5. The van der Waals surface area contributed by atoms with Crippen molar-refractivity contribution < 1.29 is 22.4 Å². The second kappa shape index (κ2) is 12.0. The van der Waals surface area contributed by atoms with Crippen molar-refractivity contribution in [3.05, 3.63) is 56.6 Å². The van der Waals surface area contributed by atoms with E-state index in [0.29, 0.717) is 44.0 Å². The van der Waals surface area contributed by atoms with Crippen molar-refractivity contribution in [1.82, 2.24) is 14.9 Å². The Morgan fingerprint density at radius 2 is 1.87 bits per heavy atom. The van der Waals surface area contributed by atoms with Gasteiger partial charge in [0.2, 0.25) is 11.3 Å². The first kappa shape index (κ1) is 30.5. The molecule has 8 nitrogen and oxygen atoms in total. The van der Waals surface area contributed by atoms with Crippen molar-refractivity contribution in [2.45, 2.75) is 26.1 Å². The predicted molar refractivity (Wildman–Crippen MR) is 147 cm³/mol. The molecule has 1 aromatic carbocycles. The van der Waals surface area contributed by atoms with Crippen molar-refractivity contribution in [2.75, 3.05) is 55.4 Å². The molecule has 0 atom stereocenters. The van der Waals surface area contributed by atoms with Gasteiger partial charge < -0.3 is 25.0 Å². The van der Waals surface area contributed by atoms with E-state index in [-0.39, 0.29) is 51.9 Å². The number of amides is 1. The predicted octanol–water partition coefficient (Wildman–Crippen LogP) is 4.31. The molecular formula is C25H28Cl2F4N6O2. The van der Waals surface area contributed by atoms with E-state index in [1.54, 1.807) is 14.1 Å². The Labute approximate surface area is 233 Å². The summed E-state index contributed by atoms with van der Waals surface area (Å²) in [5.41, 5.74) is -0.232. The van der Waals surface area contributed by atoms with Gasteiger partial charge in [0.05, 0.1) is 21.8 Å². The number of benzene rings is 1. The number of hydrogen-bond donors (Lipinski definition) is 2. The third-order valence-electron chi connectivity index (χ3n) is 6.32. The average molecular weight is 591 g/mol. The molecule has 1 amide bonds. The summed E-state index contributed by atoms with van der Waals surface area (Å²) in [6.07, 6.45) is -4.23. The fraction of sp³-hybridized carbons (Fsp3) is 0.400. The van der Waals surface area contributed by atoms with Crippen LogP contribution in [-0.4, -0.2) is 55.7 Å². The molecule has 39 heavy (non-hydrogen) atoms. The van der Waals surface area contributed by atoms with E-state index in [2.05, 4.69) is 15.6 Å². The maximum absolute atomic E-state index is 15.0. The molecule has 4 rings (SSSR count). The zero-order valence-corrected chi connectivity index (χ0v) is 23.0. The van der Waals surface area contributed by atoms with Crippen molar-refractivity contribution in [1.29, 1.82) is 0 Å². The molecule has 3 aromatic rings. The summed E-state index contributed by atoms with van der Waals surface area (Å²) in [5, 5.41) is 5.48. The Kier molecular flexibility index (Phi) is 9.35. The molecule has 1 aliphatic heterocycles. The van der Waals surface area contributed by atoms with Crippen LogP contribution in [0.25, 0.3) is 11.0 Å². The Morgan fingerprint density at radius 3 is 2.44 bits per heavy atom. The lowest BCUT2D eigenvalue weighted by molar-refractivity contribution is -0.137. The fourth-order valence-electron chi connectivity index (χ4n) is 4.55. The first-order chi connectivity index (χ1) is 17.9. The van der Waals surface area contributed by atoms with E-state index in [0.717, 1.165) is 18.2 Å². The van der Waals surface area contributed by atoms with Crippen molar-refractivity contribution >= 4 is 58.1 Å². The second-order valence-corrected chi connectivity index (χ2v) is 9.50. The van der Waals surface area contributed by atoms with Crippen LogP contribution in [0.5, 0.6) is 0 Å². The van der Waals surface area contributed by atoms with Crippen LogP contribution in [0.1, 0.15) is 18.2 Å². The van der Waals surface area contributed by atoms with Crippen molar-refractivity contribution in [3.63, 3.8) is 0 Å². The Hall–Kier alpha value is -3.09. The van der Waals surface area contributed by atoms with E-state index in [4.69, 9.17) is 11.6 Å². The number of carbonyl (C=O) groups is 1. The second-order valence-electron chi connectivity index (χ2n) is 9.10. The van der Waals surface area contributed by atoms with Gasteiger partial charge in [0.1, 0.15) is 17.7 Å². The van der Waals surface area contributed by atoms with Crippen LogP contribution in [0.15, 0.2) is 29.1 Å². The van der Waals surface area contributed by atoms with Crippen molar-refractivity contribution in [2.24, 2.45) is 0 Å². The third kappa shape index (κ3) is 6.23. The van der Waals surface area contributed by atoms with E-state index in [9.17, 15) is 27.2 Å². The Balaban J connectivity index is 0.00000420. The lowest BCUT2D eigenvalue weighted by Gasteiger charge is -2.32. The van der Waals surface area contributed by atoms with Crippen LogP contribution < -0.4 is 25.9 Å². The number of anilines is 3. The van der Waals surface area contributed by atoms with Gasteiger partial charge in [-0.05, 0) is 24.6 Å². The topological polar surface area (TPSA) is 82.5 Å². The van der Waals surface area contributed by atoms with Gasteiger partial charge >= 0.3 is 6.18 Å². The minimum absolute atomic E-state index is 0. The number of rotatable bonds is 6. The number of halogens is 6. The zero-order chi connectivity index (χ0) is 27.8. The standard InChI is InChI=1S/C25H27ClF4N6O2.ClH/c1-4-18-22(35-9-7-31-8-10-35)23(38)21-19(12-16(27)24(33-21)34(2)3)36(18)13-20(37)32-17-6-5-14(11-15(17)26)25(28,29)30;/h5-6,11-12,31H,4,7-10,13H2,1-3H3,(H,32,37);1H. The van der Waals surface area contributed by atoms with Crippen LogP contribution in [0.4, 0.5) is 34.8 Å². The van der Waals surface area contributed by atoms with Gasteiger partial charge in [0, 0.05) is 52.0 Å². The normalized spacial score (nSPS) is 13.8. The number of nitrogens with zero attached hydrogens (tertiary/aromatic N) is 4. The van der Waals surface area contributed by atoms with Gasteiger partial charge in [0.15, 0.2) is 11.6 Å². The lowest BCUT2D eigenvalue weighted by atomic mass is 10.1. The van der Waals surface area contributed by atoms with Gasteiger partial charge in [-0.1, -0.05) is 18.5 Å². The fourth-order valence-corrected chi connectivity index (χ4v) is 4.78. The first-order valence-electron chi connectivity index (χ1n) is 12.0. The van der Waals surface area contributed by atoms with Crippen molar-refractivity contribution in [3.8, 4) is 0 Å². The summed E-state index contributed by atoms with van der Waals surface area (Å²) >= 11 is 6.01. The van der Waals surface area contributed by atoms with E-state index >= 15 is 0 Å². The summed E-state index contributed by atoms with van der Waals surface area (Å²) in [7, 11) is 3.21. The molecule has 2 N–H and O–H groups in total. The summed E-state index contributed by atoms with van der Waals surface area (Å²) in [6, 6.07) is 3.80. The van der Waals surface area contributed by atoms with E-state index in [1.807, 2.05) is 11.8 Å². The SMILES string of the molecule is CCc1c(N2CCNCC2)c(=O)c2nc(N(C)C)c(F)cc2n1CC(=O)Nc1ccc(C(F)(F)F)cc1Cl.Cl. The summed E-state index contributed by atoms with van der Waals surface area (Å²) in [4.78, 5) is 34.5. The quantitative estimate of drug-likeness (QED) is 0.416. The van der Waals surface area contributed by atoms with Crippen LogP contribution in [0.2, 0.25) is 5.02 Å². The van der Waals surface area contributed by atoms with Gasteiger partial charge in [-0.15, -0.1) is 12.4 Å². The highest BCUT2D eigenvalue weighted by Crippen LogP contribution is 2.34. The van der Waals surface area contributed by atoms with Crippen LogP contribution >= 0.6 is 24.0 Å². The van der Waals surface area contributed by atoms with Crippen LogP contribution in [0, 0.1) is 5.82 Å². The average Bonchev–Trinajstić information content (AvgIpc) is 2.86. The maximum atomic E-state index is 15.0. The molecule has 1 saturated heterocycles. The third-order valence-corrected chi connectivity index (χ3v) is 6.63. The number of fused-ring (bicyclic) bond motifs is 1. The molecule has 0 saturated carbocycles. The molecular weight excluding hydrogens is 563 g/mol. The van der Waals surface area contributed by atoms with Crippen LogP contribution in [-0.2, 0) is 23.9 Å². The molecule has 2 aromatic heterocycles. The number of piperazine rings is 1. The molecule has 0 aliphatic carbocycles. The molecule has 212 valence electrons. The van der Waals surface area contributed by atoms with Gasteiger partial charge in [-0.3, -0.25) is 9.59 Å². The highest BCUT2D eigenvalue weighted by atomic mass is 35.5. The smallest absolute Gasteiger partial charge is 0.364 e. The minimum Gasteiger partial charge on any atom is -0.364 e. The number of aromatic nitrogens is 2. The van der Waals surface area contributed by atoms with Gasteiger partial charge in [-0.25, -0.2) is 9.37 Å². The summed E-state index contributed by atoms with van der Waals surface area (Å²) < 4.78 is 55.5. The van der Waals surface area contributed by atoms with E-state index < -0.39 is 23.5 Å². The molecule has 0 bridgehead atoms. The van der Waals surface area contributed by atoms with E-state index in [1.165, 1.54) is 15.5 Å². The largest absolute Gasteiger partial charge is 0.416 e. The molecule has 3 heterocycles. The van der Waals surface area contributed by atoms with Gasteiger partial charge in [0.25, 0.3) is 0 Å². The maximum Gasteiger partial charge on any atom is 0.416 e. The summed E-state index contributed by atoms with van der Waals surface area (Å²) in [5.74, 6) is -1.30. The highest BCUT2D eigenvalue weighted by Gasteiger charge is 2.31. The molecule has 0 radical (unpaired) electrons. The highest BCUT2D eigenvalue weighted by molar-refractivity contribution is 6.33. The molecule has 0 spiro atoms. The van der Waals surface area contributed by atoms with Gasteiger partial charge in [-0.2, -0.15) is 13.2 Å². The number of pyridine rings is 2. The molecule has 1 fully saturated rings. The molecule has 14 heteroatoms. The summed E-state index contributed by atoms with van der Waals surface area (Å²) in [6.45, 7) is 3.91. The molecule has 0 unspecified atom stereocenters. The first-order valence-corrected chi connectivity index (χ1v) is 12.4. The monoisotopic (exact) mass is 590 g/mol. The number of alkyl halides is 3. The number of nitrogens with one attached hydrogen (secondary N) is 2. The number of carbonyl (C=O) groups excluding carboxylic acids is 1. The molecule has 1 aliphatic rings. The van der Waals surface area contributed by atoms with Crippen LogP contribution in [0.3, 0.4) is 0 Å². The Bertz CT molecular complexity index is 1440. The lowest BCUT2D eigenvalue weighted by Crippen LogP contribution is -2.46.